The maximum Gasteiger partial charge on any atom is 0.228 e. The Labute approximate surface area is 111 Å². The summed E-state index contributed by atoms with van der Waals surface area (Å²) in [7, 11) is 0. The predicted octanol–water partition coefficient (Wildman–Crippen LogP) is 0.382. The maximum atomic E-state index is 11.2. The molecule has 0 aromatic heterocycles. The minimum atomic E-state index is 0.793. The van der Waals surface area contributed by atoms with Crippen molar-refractivity contribution in [1.29, 1.82) is 0 Å². The molecule has 100 valence electrons. The van der Waals surface area contributed by atoms with Gasteiger partial charge in [0.25, 0.3) is 0 Å². The van der Waals surface area contributed by atoms with Crippen LogP contribution in [0.5, 0.6) is 0 Å². The summed E-state index contributed by atoms with van der Waals surface area (Å²) in [6, 6.07) is 5.72. The Bertz CT molecular complexity index is 511. The van der Waals surface area contributed by atoms with Gasteiger partial charge in [0.15, 0.2) is 0 Å². The van der Waals surface area contributed by atoms with Crippen LogP contribution >= 0.6 is 0 Å². The van der Waals surface area contributed by atoms with Gasteiger partial charge in [-0.15, -0.1) is 0 Å². The van der Waals surface area contributed by atoms with Gasteiger partial charge in [-0.3, -0.25) is 9.59 Å². The van der Waals surface area contributed by atoms with Gasteiger partial charge in [0.2, 0.25) is 12.8 Å². The van der Waals surface area contributed by atoms with Gasteiger partial charge in [0.1, 0.15) is 0 Å². The number of aryl methyl sites for hydroxylation is 1. The summed E-state index contributed by atoms with van der Waals surface area (Å²) in [5, 5.41) is 7.09. The van der Waals surface area contributed by atoms with Crippen LogP contribution in [0.3, 0.4) is 0 Å². The van der Waals surface area contributed by atoms with E-state index in [1.54, 1.807) is 10.0 Å². The molecule has 0 saturated carbocycles. The Kier molecular flexibility index (Phi) is 2.96. The number of benzene rings is 1. The molecule has 0 aliphatic carbocycles. The molecule has 2 saturated heterocycles. The van der Waals surface area contributed by atoms with Crippen LogP contribution in [0.1, 0.15) is 5.56 Å². The van der Waals surface area contributed by atoms with E-state index < -0.39 is 0 Å². The third-order valence-corrected chi connectivity index (χ3v) is 3.36. The molecule has 0 unspecified atom stereocenters. The van der Waals surface area contributed by atoms with E-state index in [1.165, 1.54) is 0 Å². The van der Waals surface area contributed by atoms with Gasteiger partial charge in [-0.2, -0.15) is 0 Å². The van der Waals surface area contributed by atoms with Gasteiger partial charge in [-0.25, -0.2) is 20.0 Å². The minimum Gasteiger partial charge on any atom is -0.277 e. The Balaban J connectivity index is 1.94. The number of carbonyl (C=O) groups excluding carboxylic acids is 2. The van der Waals surface area contributed by atoms with Gasteiger partial charge in [-0.1, -0.05) is 6.07 Å². The second-order valence-electron chi connectivity index (χ2n) is 4.78. The first-order chi connectivity index (χ1) is 9.24. The highest BCUT2D eigenvalue weighted by Crippen LogP contribution is 2.30. The molecule has 0 spiro atoms. The summed E-state index contributed by atoms with van der Waals surface area (Å²) >= 11 is 0. The zero-order chi connectivity index (χ0) is 13.4. The summed E-state index contributed by atoms with van der Waals surface area (Å²) in [4.78, 5) is 22.4. The third-order valence-electron chi connectivity index (χ3n) is 3.36. The number of rotatable bonds is 6. The summed E-state index contributed by atoms with van der Waals surface area (Å²) in [5.41, 5.74) is 2.64. The van der Waals surface area contributed by atoms with Gasteiger partial charge in [0, 0.05) is 26.2 Å². The molecule has 0 atom stereocenters. The highest BCUT2D eigenvalue weighted by Gasteiger charge is 2.29. The van der Waals surface area contributed by atoms with E-state index >= 15 is 0 Å². The second-order valence-corrected chi connectivity index (χ2v) is 4.78. The lowest BCUT2D eigenvalue weighted by Crippen LogP contribution is -2.30. The summed E-state index contributed by atoms with van der Waals surface area (Å²) < 4.78 is 0. The Hall–Kier alpha value is -1.92. The van der Waals surface area contributed by atoms with Crippen molar-refractivity contribution < 1.29 is 9.59 Å². The lowest BCUT2D eigenvalue weighted by Gasteiger charge is -2.24. The van der Waals surface area contributed by atoms with E-state index in [-0.39, 0.29) is 0 Å². The molecule has 6 nitrogen and oxygen atoms in total. The van der Waals surface area contributed by atoms with Crippen LogP contribution < -0.4 is 10.0 Å². The van der Waals surface area contributed by atoms with Gasteiger partial charge >= 0.3 is 0 Å². The quantitative estimate of drug-likeness (QED) is 0.548. The molecule has 1 aromatic carbocycles. The molecule has 2 aliphatic rings. The van der Waals surface area contributed by atoms with Crippen molar-refractivity contribution >= 4 is 24.2 Å². The molecule has 6 heteroatoms. The number of hydrogen-bond acceptors (Lipinski definition) is 4. The number of amides is 2. The average Bonchev–Trinajstić information content (AvgIpc) is 3.26. The molecule has 2 amide bonds. The molecule has 1 aromatic rings. The molecule has 0 radical (unpaired) electrons. The van der Waals surface area contributed by atoms with E-state index in [9.17, 15) is 9.59 Å². The first-order valence-corrected chi connectivity index (χ1v) is 6.34. The zero-order valence-corrected chi connectivity index (χ0v) is 10.8. The largest absolute Gasteiger partial charge is 0.277 e. The lowest BCUT2D eigenvalue weighted by atomic mass is 10.1. The molecular formula is C13H16N4O2. The summed E-state index contributed by atoms with van der Waals surface area (Å²) in [6.07, 6.45) is 1.63. The van der Waals surface area contributed by atoms with Gasteiger partial charge in [-0.05, 0) is 24.6 Å². The van der Waals surface area contributed by atoms with Crippen molar-refractivity contribution in [2.75, 3.05) is 36.2 Å². The van der Waals surface area contributed by atoms with E-state index in [2.05, 4.69) is 0 Å². The molecule has 2 heterocycles. The molecule has 2 aliphatic heterocycles. The first-order valence-electron chi connectivity index (χ1n) is 6.34. The van der Waals surface area contributed by atoms with E-state index in [1.807, 2.05) is 35.1 Å². The number of nitrogens with zero attached hydrogens (tertiary/aromatic N) is 4. The second kappa shape index (κ2) is 4.64. The minimum absolute atomic E-state index is 0.793. The van der Waals surface area contributed by atoms with E-state index in [4.69, 9.17) is 0 Å². The van der Waals surface area contributed by atoms with E-state index in [0.29, 0.717) is 0 Å². The van der Waals surface area contributed by atoms with Crippen LogP contribution in [-0.4, -0.2) is 49.0 Å². The highest BCUT2D eigenvalue weighted by atomic mass is 16.2. The number of anilines is 2. The Morgan fingerprint density at radius 3 is 2.11 bits per heavy atom. The molecular weight excluding hydrogens is 244 g/mol. The highest BCUT2D eigenvalue weighted by molar-refractivity contribution is 5.82. The number of hydrazine groups is 2. The van der Waals surface area contributed by atoms with Crippen molar-refractivity contribution in [2.24, 2.45) is 0 Å². The van der Waals surface area contributed by atoms with Crippen LogP contribution in [-0.2, 0) is 9.59 Å². The molecule has 2 fully saturated rings. The van der Waals surface area contributed by atoms with Crippen molar-refractivity contribution in [3.05, 3.63) is 23.8 Å². The fraction of sp³-hybridized carbons (Fsp3) is 0.385. The lowest BCUT2D eigenvalue weighted by molar-refractivity contribution is -0.109. The number of hydrogen-bond donors (Lipinski definition) is 0. The van der Waals surface area contributed by atoms with Crippen LogP contribution in [0, 0.1) is 6.92 Å². The van der Waals surface area contributed by atoms with Crippen molar-refractivity contribution in [1.82, 2.24) is 10.0 Å². The first kappa shape index (κ1) is 12.1. The van der Waals surface area contributed by atoms with Crippen LogP contribution in [0.2, 0.25) is 0 Å². The fourth-order valence-electron chi connectivity index (χ4n) is 2.07. The third kappa shape index (κ3) is 2.32. The SMILES string of the molecule is Cc1ccc(N(C=O)N2CC2)cc1N(C=O)N1CC1. The molecule has 0 bridgehead atoms. The van der Waals surface area contributed by atoms with Gasteiger partial charge in [0.05, 0.1) is 11.4 Å². The van der Waals surface area contributed by atoms with Gasteiger partial charge < -0.3 is 0 Å². The molecule has 0 N–H and O–H groups in total. The smallest absolute Gasteiger partial charge is 0.228 e. The van der Waals surface area contributed by atoms with Crippen LogP contribution in [0.15, 0.2) is 18.2 Å². The van der Waals surface area contributed by atoms with E-state index in [0.717, 1.165) is 55.9 Å². The van der Waals surface area contributed by atoms with Crippen molar-refractivity contribution in [3.8, 4) is 0 Å². The summed E-state index contributed by atoms with van der Waals surface area (Å²) in [5.74, 6) is 0. The van der Waals surface area contributed by atoms with Crippen molar-refractivity contribution in [3.63, 3.8) is 0 Å². The summed E-state index contributed by atoms with van der Waals surface area (Å²) in [6.45, 7) is 5.54. The molecule has 3 rings (SSSR count). The zero-order valence-electron chi connectivity index (χ0n) is 10.8. The van der Waals surface area contributed by atoms with Crippen molar-refractivity contribution in [2.45, 2.75) is 6.92 Å². The monoisotopic (exact) mass is 260 g/mol. The normalized spacial score (nSPS) is 17.9. The Morgan fingerprint density at radius 1 is 1.00 bits per heavy atom. The maximum absolute atomic E-state index is 11.2. The van der Waals surface area contributed by atoms with Crippen LogP contribution in [0.4, 0.5) is 11.4 Å². The average molecular weight is 260 g/mol. The molecule has 19 heavy (non-hydrogen) atoms. The topological polar surface area (TPSA) is 46.6 Å². The fourth-order valence-corrected chi connectivity index (χ4v) is 2.07. The Morgan fingerprint density at radius 2 is 1.58 bits per heavy atom. The standard InChI is InChI=1S/C13H16N4O2/c1-11-2-3-12(16(9-18)14-4-5-14)8-13(11)17(10-19)15-6-7-15/h2-3,8-10H,4-7H2,1H3. The predicted molar refractivity (Wildman–Crippen MR) is 71.4 cm³/mol. The number of carbonyl (C=O) groups is 2. The van der Waals surface area contributed by atoms with Crippen LogP contribution in [0.25, 0.3) is 0 Å².